The lowest BCUT2D eigenvalue weighted by molar-refractivity contribution is -0.148. The maximum atomic E-state index is 13.3. The molecule has 3 unspecified atom stereocenters. The largest absolute Gasteiger partial charge is 0.481 e. The highest BCUT2D eigenvalue weighted by atomic mass is 31.2. The van der Waals surface area contributed by atoms with Gasteiger partial charge in [0, 0.05) is 6.42 Å². The first-order valence-corrected chi connectivity index (χ1v) is 13.1. The van der Waals surface area contributed by atoms with Crippen LogP contribution in [0.15, 0.2) is 12.7 Å². The third kappa shape index (κ3) is 6.80. The van der Waals surface area contributed by atoms with Crippen LogP contribution in [0.1, 0.15) is 40.3 Å². The molecule has 1 fully saturated rings. The summed E-state index contributed by atoms with van der Waals surface area (Å²) in [6.45, 7) is 4.49. The first kappa shape index (κ1) is 28.9. The summed E-state index contributed by atoms with van der Waals surface area (Å²) >= 11 is 0. The lowest BCUT2D eigenvalue weighted by Gasteiger charge is -2.27. The number of imidazole rings is 1. The van der Waals surface area contributed by atoms with Crippen molar-refractivity contribution in [2.75, 3.05) is 31.9 Å². The standard InChI is InChI=1S/C21H32N5O10P/c1-20(2,18(28)29)7-34-37(32,35-8-21(3,4)19(30)31)11-33-6-12-5-13(27)17(36-12)26-10-25-14-15(22)23-9-24-16(14)26/h9-10,12-13,17,27H,5-8,11H2,1-4H3,(H,28,29)(H,30,31)(H2,22,23,24). The van der Waals surface area contributed by atoms with Gasteiger partial charge in [0.2, 0.25) is 0 Å². The highest BCUT2D eigenvalue weighted by Crippen LogP contribution is 2.50. The molecule has 1 saturated heterocycles. The van der Waals surface area contributed by atoms with E-state index in [1.807, 2.05) is 0 Å². The zero-order valence-electron chi connectivity index (χ0n) is 20.9. The van der Waals surface area contributed by atoms with Gasteiger partial charge in [-0.2, -0.15) is 0 Å². The first-order valence-electron chi connectivity index (χ1n) is 11.3. The predicted molar refractivity (Wildman–Crippen MR) is 127 cm³/mol. The normalized spacial score (nSPS) is 20.9. The highest BCUT2D eigenvalue weighted by Gasteiger charge is 2.39. The Morgan fingerprint density at radius 2 is 1.73 bits per heavy atom. The summed E-state index contributed by atoms with van der Waals surface area (Å²) in [6, 6.07) is 0. The number of aliphatic hydroxyl groups is 1. The number of ether oxygens (including phenoxy) is 2. The number of fused-ring (bicyclic) bond motifs is 1. The number of nitrogens with zero attached hydrogens (tertiary/aromatic N) is 4. The molecule has 5 N–H and O–H groups in total. The molecule has 0 radical (unpaired) electrons. The minimum Gasteiger partial charge on any atom is -0.481 e. The van der Waals surface area contributed by atoms with Gasteiger partial charge < -0.3 is 39.6 Å². The average molecular weight is 545 g/mol. The number of rotatable bonds is 13. The zero-order chi connectivity index (χ0) is 27.6. The van der Waals surface area contributed by atoms with E-state index in [4.69, 9.17) is 24.3 Å². The molecule has 37 heavy (non-hydrogen) atoms. The molecule has 0 aromatic carbocycles. The van der Waals surface area contributed by atoms with E-state index < -0.39 is 68.4 Å². The van der Waals surface area contributed by atoms with Crippen molar-refractivity contribution in [1.82, 2.24) is 19.5 Å². The predicted octanol–water partition coefficient (Wildman–Crippen LogP) is 1.48. The summed E-state index contributed by atoms with van der Waals surface area (Å²) in [5.41, 5.74) is 3.79. The van der Waals surface area contributed by atoms with Crippen molar-refractivity contribution in [2.24, 2.45) is 10.8 Å². The molecular formula is C21H32N5O10P. The third-order valence-electron chi connectivity index (χ3n) is 5.78. The van der Waals surface area contributed by atoms with E-state index in [0.29, 0.717) is 11.2 Å². The molecule has 0 aliphatic carbocycles. The Kier molecular flexibility index (Phi) is 8.57. The second kappa shape index (κ2) is 11.0. The van der Waals surface area contributed by atoms with Crippen molar-refractivity contribution < 1.29 is 48.0 Å². The fraction of sp³-hybridized carbons (Fsp3) is 0.667. The second-order valence-electron chi connectivity index (χ2n) is 10.1. The molecule has 206 valence electrons. The Morgan fingerprint density at radius 1 is 1.14 bits per heavy atom. The van der Waals surface area contributed by atoms with Crippen LogP contribution in [-0.4, -0.2) is 85.2 Å². The number of carbonyl (C=O) groups is 2. The fourth-order valence-electron chi connectivity index (χ4n) is 3.19. The third-order valence-corrected chi connectivity index (χ3v) is 7.33. The maximum absolute atomic E-state index is 13.3. The maximum Gasteiger partial charge on any atom is 0.356 e. The number of nitrogens with two attached hydrogens (primary N) is 1. The van der Waals surface area contributed by atoms with Gasteiger partial charge in [-0.25, -0.2) is 15.0 Å². The van der Waals surface area contributed by atoms with E-state index in [-0.39, 0.29) is 18.8 Å². The van der Waals surface area contributed by atoms with Gasteiger partial charge in [-0.3, -0.25) is 18.7 Å². The number of aromatic nitrogens is 4. The minimum absolute atomic E-state index is 0.112. The van der Waals surface area contributed by atoms with E-state index in [0.717, 1.165) is 0 Å². The molecule has 1 aliphatic rings. The Morgan fingerprint density at radius 3 is 2.30 bits per heavy atom. The SMILES string of the molecule is CC(C)(COP(=O)(COCC1CC(O)C(n2cnc3c(N)ncnc32)O1)OCC(C)(C)C(=O)O)C(=O)O. The minimum atomic E-state index is -4.08. The number of anilines is 1. The summed E-state index contributed by atoms with van der Waals surface area (Å²) in [7, 11) is -4.08. The van der Waals surface area contributed by atoms with Gasteiger partial charge in [-0.15, -0.1) is 0 Å². The van der Waals surface area contributed by atoms with Gasteiger partial charge in [-0.05, 0) is 27.7 Å². The molecular weight excluding hydrogens is 513 g/mol. The molecule has 16 heteroatoms. The molecule has 0 saturated carbocycles. The van der Waals surface area contributed by atoms with Crippen molar-refractivity contribution in [3.8, 4) is 0 Å². The Hall–Kier alpha value is -2.68. The van der Waals surface area contributed by atoms with Crippen LogP contribution < -0.4 is 5.73 Å². The molecule has 3 heterocycles. The van der Waals surface area contributed by atoms with E-state index in [1.54, 1.807) is 0 Å². The fourth-order valence-corrected chi connectivity index (χ4v) is 4.79. The number of hydrogen-bond acceptors (Lipinski definition) is 12. The summed E-state index contributed by atoms with van der Waals surface area (Å²) in [6.07, 6.45) is -0.0969. The number of carboxylic acid groups (broad SMARTS) is 2. The Labute approximate surface area is 212 Å². The van der Waals surface area contributed by atoms with Crippen LogP contribution in [0.5, 0.6) is 0 Å². The van der Waals surface area contributed by atoms with E-state index in [9.17, 15) is 29.5 Å². The number of nitrogen functional groups attached to an aromatic ring is 1. The molecule has 0 bridgehead atoms. The molecule has 3 rings (SSSR count). The van der Waals surface area contributed by atoms with Crippen LogP contribution in [-0.2, 0) is 32.7 Å². The van der Waals surface area contributed by atoms with Crippen LogP contribution in [0.4, 0.5) is 5.82 Å². The van der Waals surface area contributed by atoms with E-state index in [1.165, 1.54) is 44.9 Å². The van der Waals surface area contributed by atoms with Gasteiger partial charge in [0.15, 0.2) is 17.7 Å². The summed E-state index contributed by atoms with van der Waals surface area (Å²) in [5.74, 6) is -2.17. The number of carboxylic acids is 2. The molecule has 0 amide bonds. The second-order valence-corrected chi connectivity index (χ2v) is 12.1. The molecule has 2 aromatic rings. The van der Waals surface area contributed by atoms with Crippen molar-refractivity contribution in [2.45, 2.75) is 52.6 Å². The van der Waals surface area contributed by atoms with Crippen LogP contribution >= 0.6 is 7.60 Å². The number of aliphatic hydroxyl groups excluding tert-OH is 1. The van der Waals surface area contributed by atoms with Gasteiger partial charge in [0.1, 0.15) is 24.3 Å². The molecule has 0 spiro atoms. The lowest BCUT2D eigenvalue weighted by atomic mass is 9.96. The Bertz CT molecular complexity index is 1150. The van der Waals surface area contributed by atoms with Crippen LogP contribution in [0.2, 0.25) is 0 Å². The zero-order valence-corrected chi connectivity index (χ0v) is 21.8. The number of hydrogen-bond donors (Lipinski definition) is 4. The van der Waals surface area contributed by atoms with E-state index in [2.05, 4.69) is 15.0 Å². The lowest BCUT2D eigenvalue weighted by Crippen LogP contribution is -2.31. The van der Waals surface area contributed by atoms with Gasteiger partial charge in [0.05, 0.1) is 43.1 Å². The highest BCUT2D eigenvalue weighted by molar-refractivity contribution is 7.53. The number of aliphatic carboxylic acids is 2. The smallest absolute Gasteiger partial charge is 0.356 e. The summed E-state index contributed by atoms with van der Waals surface area (Å²) in [5, 5.41) is 29.2. The van der Waals surface area contributed by atoms with Gasteiger partial charge >= 0.3 is 19.5 Å². The van der Waals surface area contributed by atoms with Crippen molar-refractivity contribution in [3.63, 3.8) is 0 Å². The Balaban J connectivity index is 1.64. The quantitative estimate of drug-likeness (QED) is 0.262. The first-order chi connectivity index (χ1) is 17.2. The van der Waals surface area contributed by atoms with Crippen molar-refractivity contribution in [1.29, 1.82) is 0 Å². The molecule has 3 atom stereocenters. The molecule has 1 aliphatic heterocycles. The van der Waals surface area contributed by atoms with E-state index >= 15 is 0 Å². The van der Waals surface area contributed by atoms with Crippen molar-refractivity contribution in [3.05, 3.63) is 12.7 Å². The average Bonchev–Trinajstić information content (AvgIpc) is 3.40. The van der Waals surface area contributed by atoms with Crippen LogP contribution in [0.3, 0.4) is 0 Å². The van der Waals surface area contributed by atoms with Crippen molar-refractivity contribution >= 4 is 36.5 Å². The topological polar surface area (TPSA) is 218 Å². The molecule has 15 nitrogen and oxygen atoms in total. The van der Waals surface area contributed by atoms with Crippen LogP contribution in [0.25, 0.3) is 11.2 Å². The molecule has 2 aromatic heterocycles. The van der Waals surface area contributed by atoms with Gasteiger partial charge in [-0.1, -0.05) is 0 Å². The van der Waals surface area contributed by atoms with Crippen LogP contribution in [0, 0.1) is 10.8 Å². The summed E-state index contributed by atoms with van der Waals surface area (Å²) < 4.78 is 37.0. The van der Waals surface area contributed by atoms with Gasteiger partial charge in [0.25, 0.3) is 0 Å². The monoisotopic (exact) mass is 545 g/mol. The summed E-state index contributed by atoms with van der Waals surface area (Å²) in [4.78, 5) is 35.0.